The molecule has 1 unspecified atom stereocenters. The lowest BCUT2D eigenvalue weighted by molar-refractivity contribution is -0.135. The Morgan fingerprint density at radius 1 is 1.32 bits per heavy atom. The van der Waals surface area contributed by atoms with Gasteiger partial charge in [-0.2, -0.15) is 4.98 Å². The van der Waals surface area contributed by atoms with E-state index in [-0.39, 0.29) is 35.7 Å². The van der Waals surface area contributed by atoms with E-state index in [1.54, 1.807) is 0 Å². The third-order valence-electron chi connectivity index (χ3n) is 5.70. The van der Waals surface area contributed by atoms with E-state index in [1.807, 2.05) is 18.7 Å². The lowest BCUT2D eigenvalue weighted by atomic mass is 9.71. The minimum Gasteiger partial charge on any atom is -0.339 e. The highest BCUT2D eigenvalue weighted by atomic mass is 35.5. The first kappa shape index (κ1) is 20.2. The van der Waals surface area contributed by atoms with Crippen LogP contribution in [0.5, 0.6) is 0 Å². The van der Waals surface area contributed by atoms with Gasteiger partial charge in [-0.05, 0) is 37.6 Å². The van der Waals surface area contributed by atoms with Crippen molar-refractivity contribution in [3.8, 4) is 0 Å². The summed E-state index contributed by atoms with van der Waals surface area (Å²) >= 11 is 0. The summed E-state index contributed by atoms with van der Waals surface area (Å²) in [5.41, 5.74) is 6.06. The van der Waals surface area contributed by atoms with Gasteiger partial charge >= 0.3 is 0 Å². The van der Waals surface area contributed by atoms with E-state index >= 15 is 0 Å². The molecular formula is C18H31ClN4O2. The summed E-state index contributed by atoms with van der Waals surface area (Å²) in [6.45, 7) is 5.46. The van der Waals surface area contributed by atoms with Crippen molar-refractivity contribution in [1.29, 1.82) is 0 Å². The quantitative estimate of drug-likeness (QED) is 0.856. The van der Waals surface area contributed by atoms with Gasteiger partial charge in [-0.1, -0.05) is 38.3 Å². The molecule has 0 aromatic carbocycles. The Morgan fingerprint density at radius 2 is 2.04 bits per heavy atom. The van der Waals surface area contributed by atoms with Crippen LogP contribution < -0.4 is 5.73 Å². The first-order valence-corrected chi connectivity index (χ1v) is 9.38. The van der Waals surface area contributed by atoms with Crippen LogP contribution in [0.3, 0.4) is 0 Å². The lowest BCUT2D eigenvalue weighted by Gasteiger charge is -2.37. The van der Waals surface area contributed by atoms with E-state index in [0.29, 0.717) is 24.7 Å². The van der Waals surface area contributed by atoms with E-state index in [0.717, 1.165) is 32.2 Å². The molecule has 2 N–H and O–H groups in total. The Kier molecular flexibility index (Phi) is 6.86. The van der Waals surface area contributed by atoms with E-state index < -0.39 is 0 Å². The van der Waals surface area contributed by atoms with Crippen molar-refractivity contribution in [2.75, 3.05) is 13.1 Å². The molecule has 1 aliphatic heterocycles. The van der Waals surface area contributed by atoms with Crippen LogP contribution in [0.15, 0.2) is 4.52 Å². The van der Waals surface area contributed by atoms with Crippen LogP contribution in [0.2, 0.25) is 0 Å². The molecule has 142 valence electrons. The van der Waals surface area contributed by atoms with Crippen molar-refractivity contribution in [2.24, 2.45) is 11.1 Å². The second-order valence-electron chi connectivity index (χ2n) is 7.83. The number of carbonyl (C=O) groups excluding carboxylic acids is 1. The number of nitrogens with zero attached hydrogens (tertiary/aromatic N) is 3. The number of aromatic nitrogens is 2. The fourth-order valence-corrected chi connectivity index (χ4v) is 4.13. The van der Waals surface area contributed by atoms with Crippen LogP contribution in [-0.4, -0.2) is 34.0 Å². The summed E-state index contributed by atoms with van der Waals surface area (Å²) in [6.07, 6.45) is 8.28. The number of carbonyl (C=O) groups is 1. The summed E-state index contributed by atoms with van der Waals surface area (Å²) in [5, 5.41) is 4.13. The number of rotatable bonds is 5. The van der Waals surface area contributed by atoms with Gasteiger partial charge in [0.25, 0.3) is 0 Å². The number of likely N-dealkylation sites (tertiary alicyclic amines) is 1. The molecular weight excluding hydrogens is 340 g/mol. The average Bonchev–Trinajstić information content (AvgIpc) is 3.24. The second kappa shape index (κ2) is 8.49. The Balaban J connectivity index is 0.00000225. The molecule has 2 heterocycles. The molecule has 1 aromatic rings. The molecule has 6 nitrogen and oxygen atoms in total. The van der Waals surface area contributed by atoms with Crippen LogP contribution >= 0.6 is 12.4 Å². The van der Waals surface area contributed by atoms with E-state index in [1.165, 1.54) is 19.3 Å². The van der Waals surface area contributed by atoms with Gasteiger partial charge in [-0.25, -0.2) is 0 Å². The third-order valence-corrected chi connectivity index (χ3v) is 5.70. The van der Waals surface area contributed by atoms with E-state index in [9.17, 15) is 4.79 Å². The van der Waals surface area contributed by atoms with Gasteiger partial charge in [0, 0.05) is 18.9 Å². The SMILES string of the molecule is CC(C)c1nc(C2CCCN2C(=O)CC2(CN)CCCCC2)no1.Cl. The number of hydrogen-bond acceptors (Lipinski definition) is 5. The molecule has 0 bridgehead atoms. The van der Waals surface area contributed by atoms with Crippen molar-refractivity contribution in [3.63, 3.8) is 0 Å². The van der Waals surface area contributed by atoms with Crippen molar-refractivity contribution >= 4 is 18.3 Å². The van der Waals surface area contributed by atoms with E-state index in [4.69, 9.17) is 10.3 Å². The zero-order valence-corrected chi connectivity index (χ0v) is 16.2. The highest BCUT2D eigenvalue weighted by Crippen LogP contribution is 2.40. The predicted molar refractivity (Wildman–Crippen MR) is 98.5 cm³/mol. The molecule has 2 fully saturated rings. The molecule has 1 saturated heterocycles. The first-order chi connectivity index (χ1) is 11.5. The summed E-state index contributed by atoms with van der Waals surface area (Å²) < 4.78 is 5.34. The summed E-state index contributed by atoms with van der Waals surface area (Å²) in [7, 11) is 0. The normalized spacial score (nSPS) is 22.9. The molecule has 1 aliphatic carbocycles. The summed E-state index contributed by atoms with van der Waals surface area (Å²) in [5.74, 6) is 1.73. The van der Waals surface area contributed by atoms with Gasteiger partial charge in [0.05, 0.1) is 6.04 Å². The second-order valence-corrected chi connectivity index (χ2v) is 7.83. The first-order valence-electron chi connectivity index (χ1n) is 9.38. The van der Waals surface area contributed by atoms with Crippen LogP contribution in [0.4, 0.5) is 0 Å². The van der Waals surface area contributed by atoms with Crippen LogP contribution in [0.25, 0.3) is 0 Å². The predicted octanol–water partition coefficient (Wildman–Crippen LogP) is 3.58. The topological polar surface area (TPSA) is 85.2 Å². The zero-order valence-electron chi connectivity index (χ0n) is 15.4. The van der Waals surface area contributed by atoms with E-state index in [2.05, 4.69) is 10.1 Å². The number of nitrogens with two attached hydrogens (primary N) is 1. The van der Waals surface area contributed by atoms with Crippen molar-refractivity contribution in [2.45, 2.75) is 77.2 Å². The molecule has 0 radical (unpaired) electrons. The largest absolute Gasteiger partial charge is 0.339 e. The number of hydrogen-bond donors (Lipinski definition) is 1. The minimum absolute atomic E-state index is 0. The number of amides is 1. The van der Waals surface area contributed by atoms with Gasteiger partial charge < -0.3 is 15.2 Å². The molecule has 0 spiro atoms. The molecule has 1 amide bonds. The summed E-state index contributed by atoms with van der Waals surface area (Å²) in [4.78, 5) is 19.5. The van der Waals surface area contributed by atoms with Gasteiger partial charge in [0.1, 0.15) is 0 Å². The molecule has 1 aromatic heterocycles. The standard InChI is InChI=1S/C18H30N4O2.ClH/c1-13(2)17-20-16(21-24-17)14-7-6-10-22(14)15(23)11-18(12-19)8-4-3-5-9-18;/h13-14H,3-12,19H2,1-2H3;1H. The van der Waals surface area contributed by atoms with Crippen molar-refractivity contribution in [3.05, 3.63) is 11.7 Å². The maximum Gasteiger partial charge on any atom is 0.229 e. The monoisotopic (exact) mass is 370 g/mol. The fraction of sp³-hybridized carbons (Fsp3) is 0.833. The highest BCUT2D eigenvalue weighted by Gasteiger charge is 2.39. The van der Waals surface area contributed by atoms with Crippen molar-refractivity contribution < 1.29 is 9.32 Å². The molecule has 1 saturated carbocycles. The van der Waals surface area contributed by atoms with Crippen molar-refractivity contribution in [1.82, 2.24) is 15.0 Å². The molecule has 25 heavy (non-hydrogen) atoms. The maximum absolute atomic E-state index is 13.0. The molecule has 1 atom stereocenters. The van der Waals surface area contributed by atoms with Gasteiger partial charge in [0.2, 0.25) is 11.8 Å². The molecule has 3 rings (SSSR count). The third kappa shape index (κ3) is 4.34. The Hall–Kier alpha value is -1.14. The van der Waals surface area contributed by atoms with Gasteiger partial charge in [0.15, 0.2) is 5.82 Å². The smallest absolute Gasteiger partial charge is 0.229 e. The van der Waals surface area contributed by atoms with Gasteiger partial charge in [-0.3, -0.25) is 4.79 Å². The Labute approximate surface area is 156 Å². The minimum atomic E-state index is -0.0350. The number of halogens is 1. The summed E-state index contributed by atoms with van der Waals surface area (Å²) in [6, 6.07) is -0.0350. The zero-order chi connectivity index (χ0) is 17.2. The Morgan fingerprint density at radius 3 is 2.64 bits per heavy atom. The molecule has 2 aliphatic rings. The fourth-order valence-electron chi connectivity index (χ4n) is 4.13. The highest BCUT2D eigenvalue weighted by molar-refractivity contribution is 5.85. The van der Waals surface area contributed by atoms with Crippen LogP contribution in [0.1, 0.15) is 88.9 Å². The Bertz CT molecular complexity index is 569. The lowest BCUT2D eigenvalue weighted by Crippen LogP contribution is -2.40. The van der Waals surface area contributed by atoms with Crippen LogP contribution in [0, 0.1) is 5.41 Å². The maximum atomic E-state index is 13.0. The van der Waals surface area contributed by atoms with Crippen LogP contribution in [-0.2, 0) is 4.79 Å². The van der Waals surface area contributed by atoms with Gasteiger partial charge in [-0.15, -0.1) is 12.4 Å². The molecule has 7 heteroatoms. The average molecular weight is 371 g/mol.